The lowest BCUT2D eigenvalue weighted by Gasteiger charge is -2.12. The first-order valence-electron chi connectivity index (χ1n) is 11.2. The van der Waals surface area contributed by atoms with Crippen LogP contribution in [0.1, 0.15) is 39.0 Å². The zero-order valence-electron chi connectivity index (χ0n) is 20.8. The van der Waals surface area contributed by atoms with Crippen LogP contribution in [0.2, 0.25) is 0 Å². The number of rotatable bonds is 6. The van der Waals surface area contributed by atoms with Crippen molar-refractivity contribution in [2.24, 2.45) is 0 Å². The number of hydrogen-bond donors (Lipinski definition) is 2. The lowest BCUT2D eigenvalue weighted by molar-refractivity contribution is 0.0169. The van der Waals surface area contributed by atoms with Gasteiger partial charge in [0.2, 0.25) is 0 Å². The van der Waals surface area contributed by atoms with E-state index < -0.39 is 17.4 Å². The summed E-state index contributed by atoms with van der Waals surface area (Å²) in [5.74, 6) is -3.79. The molecule has 1 aromatic carbocycles. The number of carbonyl (C=O) groups is 2. The van der Waals surface area contributed by atoms with Gasteiger partial charge in [0.1, 0.15) is 5.69 Å². The van der Waals surface area contributed by atoms with Crippen LogP contribution in [0.5, 0.6) is 0 Å². The molecule has 0 atom stereocenters. The molecule has 0 unspecified atom stereocenters. The Balaban J connectivity index is 0.00000121. The maximum Gasteiger partial charge on any atom is 0.276 e. The minimum Gasteiger partial charge on any atom is -0.323 e. The summed E-state index contributed by atoms with van der Waals surface area (Å²) in [5.41, 5.74) is 4.30. The SMILES string of the molecule is CNC.Cc1ccc(NC(=O)c2cc(C(C)(F)F)cnn2)cc1-c1cncc(-c2ccnc(C=O)c2)c1. The second-order valence-corrected chi connectivity index (χ2v) is 8.25. The van der Waals surface area contributed by atoms with Crippen molar-refractivity contribution in [2.45, 2.75) is 19.8 Å². The van der Waals surface area contributed by atoms with Crippen molar-refractivity contribution >= 4 is 17.9 Å². The molecular formula is C27H26F2N6O2. The number of nitrogens with zero attached hydrogens (tertiary/aromatic N) is 4. The summed E-state index contributed by atoms with van der Waals surface area (Å²) in [7, 11) is 3.75. The molecule has 0 aliphatic heterocycles. The molecule has 2 N–H and O–H groups in total. The summed E-state index contributed by atoms with van der Waals surface area (Å²) < 4.78 is 27.2. The minimum atomic E-state index is -3.14. The van der Waals surface area contributed by atoms with Gasteiger partial charge in [-0.2, -0.15) is 5.10 Å². The van der Waals surface area contributed by atoms with Gasteiger partial charge in [0.05, 0.1) is 6.20 Å². The molecule has 0 aliphatic rings. The molecule has 0 aliphatic carbocycles. The van der Waals surface area contributed by atoms with Crippen LogP contribution in [-0.4, -0.2) is 46.5 Å². The van der Waals surface area contributed by atoms with E-state index in [1.807, 2.05) is 33.2 Å². The Morgan fingerprint density at radius 3 is 2.41 bits per heavy atom. The van der Waals surface area contributed by atoms with Crippen LogP contribution < -0.4 is 10.6 Å². The molecule has 190 valence electrons. The second kappa shape index (κ2) is 12.0. The number of pyridine rings is 2. The first kappa shape index (κ1) is 27.2. The predicted octanol–water partition coefficient (Wildman–Crippen LogP) is 4.92. The highest BCUT2D eigenvalue weighted by Crippen LogP contribution is 2.30. The quantitative estimate of drug-likeness (QED) is 0.359. The van der Waals surface area contributed by atoms with Crippen molar-refractivity contribution in [3.05, 3.63) is 89.8 Å². The normalized spacial score (nSPS) is 10.8. The standard InChI is InChI=1S/C25H19F2N5O2.C2H7N/c1-15-3-4-20(31-24(34)23-9-19(13-30-32-23)25(2,26)27)10-22(15)18-7-17(11-28-12-18)16-5-6-29-21(8-16)14-33;1-3-2/h3-14H,1-2H3,(H,31,34);3H,1-2H3. The molecule has 4 aromatic rings. The minimum absolute atomic E-state index is 0.214. The fourth-order valence-electron chi connectivity index (χ4n) is 3.36. The second-order valence-electron chi connectivity index (χ2n) is 8.25. The van der Waals surface area contributed by atoms with Gasteiger partial charge in [0.25, 0.3) is 11.8 Å². The number of alkyl halides is 2. The molecule has 10 heteroatoms. The van der Waals surface area contributed by atoms with E-state index in [-0.39, 0.29) is 5.69 Å². The molecule has 0 spiro atoms. The number of carbonyl (C=O) groups excluding carboxylic acids is 2. The Hall–Kier alpha value is -4.44. The van der Waals surface area contributed by atoms with Gasteiger partial charge in [-0.15, -0.1) is 5.10 Å². The van der Waals surface area contributed by atoms with Crippen molar-refractivity contribution in [3.8, 4) is 22.3 Å². The zero-order chi connectivity index (χ0) is 27.0. The lowest BCUT2D eigenvalue weighted by Crippen LogP contribution is -2.17. The van der Waals surface area contributed by atoms with E-state index in [0.29, 0.717) is 17.7 Å². The highest BCUT2D eigenvalue weighted by molar-refractivity contribution is 6.03. The number of aryl methyl sites for hydroxylation is 1. The molecule has 8 nitrogen and oxygen atoms in total. The van der Waals surface area contributed by atoms with E-state index in [1.165, 1.54) is 0 Å². The Bertz CT molecular complexity index is 1410. The third-order valence-corrected chi connectivity index (χ3v) is 5.17. The van der Waals surface area contributed by atoms with Gasteiger partial charge in [0.15, 0.2) is 12.0 Å². The van der Waals surface area contributed by atoms with Crippen molar-refractivity contribution in [1.29, 1.82) is 0 Å². The van der Waals surface area contributed by atoms with Crippen LogP contribution in [0.15, 0.2) is 67.3 Å². The summed E-state index contributed by atoms with van der Waals surface area (Å²) >= 11 is 0. The molecule has 4 rings (SSSR count). The van der Waals surface area contributed by atoms with Crippen LogP contribution in [0, 0.1) is 6.92 Å². The largest absolute Gasteiger partial charge is 0.323 e. The Labute approximate surface area is 213 Å². The number of anilines is 1. The van der Waals surface area contributed by atoms with Crippen LogP contribution in [-0.2, 0) is 5.92 Å². The van der Waals surface area contributed by atoms with Crippen LogP contribution in [0.3, 0.4) is 0 Å². The zero-order valence-corrected chi connectivity index (χ0v) is 20.8. The molecule has 0 radical (unpaired) electrons. The summed E-state index contributed by atoms with van der Waals surface area (Å²) in [4.78, 5) is 32.0. The maximum absolute atomic E-state index is 13.6. The topological polar surface area (TPSA) is 110 Å². The van der Waals surface area contributed by atoms with Gasteiger partial charge >= 0.3 is 0 Å². The summed E-state index contributed by atoms with van der Waals surface area (Å²) in [6, 6.07) is 11.7. The molecule has 3 heterocycles. The number of nitrogens with one attached hydrogen (secondary N) is 2. The highest BCUT2D eigenvalue weighted by atomic mass is 19.3. The molecule has 1 amide bonds. The van der Waals surface area contributed by atoms with Crippen LogP contribution in [0.4, 0.5) is 14.5 Å². The number of hydrogen-bond acceptors (Lipinski definition) is 7. The average molecular weight is 505 g/mol. The lowest BCUT2D eigenvalue weighted by atomic mass is 9.98. The molecule has 0 bridgehead atoms. The van der Waals surface area contributed by atoms with Crippen LogP contribution >= 0.6 is 0 Å². The van der Waals surface area contributed by atoms with E-state index in [4.69, 9.17) is 0 Å². The first-order valence-corrected chi connectivity index (χ1v) is 11.2. The summed E-state index contributed by atoms with van der Waals surface area (Å²) in [5, 5.41) is 12.6. The van der Waals surface area contributed by atoms with Crippen molar-refractivity contribution in [1.82, 2.24) is 25.5 Å². The summed E-state index contributed by atoms with van der Waals surface area (Å²) in [6.45, 7) is 2.65. The summed E-state index contributed by atoms with van der Waals surface area (Å²) in [6.07, 6.45) is 6.54. The van der Waals surface area contributed by atoms with Gasteiger partial charge in [-0.3, -0.25) is 19.6 Å². The van der Waals surface area contributed by atoms with E-state index in [9.17, 15) is 18.4 Å². The predicted molar refractivity (Wildman–Crippen MR) is 138 cm³/mol. The third kappa shape index (κ3) is 7.05. The fraction of sp³-hybridized carbons (Fsp3) is 0.185. The van der Waals surface area contributed by atoms with Crippen molar-refractivity contribution in [3.63, 3.8) is 0 Å². The average Bonchev–Trinajstić information content (AvgIpc) is 2.90. The highest BCUT2D eigenvalue weighted by Gasteiger charge is 2.26. The Morgan fingerprint density at radius 2 is 1.70 bits per heavy atom. The maximum atomic E-state index is 13.6. The Morgan fingerprint density at radius 1 is 0.973 bits per heavy atom. The fourth-order valence-corrected chi connectivity index (χ4v) is 3.36. The monoisotopic (exact) mass is 504 g/mol. The third-order valence-electron chi connectivity index (χ3n) is 5.17. The van der Waals surface area contributed by atoms with E-state index in [0.717, 1.165) is 47.0 Å². The molecule has 3 aromatic heterocycles. The van der Waals surface area contributed by atoms with Crippen molar-refractivity contribution < 1.29 is 18.4 Å². The molecule has 0 fully saturated rings. The van der Waals surface area contributed by atoms with Gasteiger partial charge < -0.3 is 10.6 Å². The molecular weight excluding hydrogens is 478 g/mol. The van der Waals surface area contributed by atoms with Gasteiger partial charge in [-0.05, 0) is 74.1 Å². The smallest absolute Gasteiger partial charge is 0.276 e. The van der Waals surface area contributed by atoms with Gasteiger partial charge in [0, 0.05) is 47.9 Å². The van der Waals surface area contributed by atoms with E-state index in [2.05, 4.69) is 30.8 Å². The Kier molecular flexibility index (Phi) is 8.81. The van der Waals surface area contributed by atoms with Crippen LogP contribution in [0.25, 0.3) is 22.3 Å². The molecule has 37 heavy (non-hydrogen) atoms. The number of aldehydes is 1. The number of aromatic nitrogens is 4. The number of amides is 1. The van der Waals surface area contributed by atoms with E-state index in [1.54, 1.807) is 42.9 Å². The van der Waals surface area contributed by atoms with Crippen molar-refractivity contribution in [2.75, 3.05) is 19.4 Å². The number of halogens is 2. The molecule has 0 saturated heterocycles. The number of benzene rings is 1. The van der Waals surface area contributed by atoms with E-state index >= 15 is 0 Å². The molecule has 0 saturated carbocycles. The first-order chi connectivity index (χ1) is 17.7. The van der Waals surface area contributed by atoms with Gasteiger partial charge in [-0.25, -0.2) is 8.78 Å². The van der Waals surface area contributed by atoms with Gasteiger partial charge in [-0.1, -0.05) is 6.07 Å².